The largest absolute Gasteiger partial charge is 0.463 e. The maximum atomic E-state index is 11.2. The van der Waals surface area contributed by atoms with E-state index < -0.39 is 16.9 Å². The molecule has 114 valence electrons. The Hall–Kier alpha value is -0.850. The Labute approximate surface area is 110 Å². The SMILES string of the molecule is CC(C)OC(=O)CCC[C@H](CON(O)O)ON(O)O. The third-order valence-electron chi connectivity index (χ3n) is 1.89. The van der Waals surface area contributed by atoms with Crippen molar-refractivity contribution in [2.75, 3.05) is 6.61 Å². The van der Waals surface area contributed by atoms with Gasteiger partial charge in [0, 0.05) is 6.42 Å². The summed E-state index contributed by atoms with van der Waals surface area (Å²) in [4.78, 5) is 20.0. The molecule has 0 rings (SSSR count). The van der Waals surface area contributed by atoms with Gasteiger partial charge in [0.1, 0.15) is 12.7 Å². The van der Waals surface area contributed by atoms with Crippen LogP contribution >= 0.6 is 0 Å². The Balaban J connectivity index is 3.94. The second-order valence-electron chi connectivity index (χ2n) is 3.96. The standard InChI is InChI=1S/C9H20N2O8/c1-7(2)18-9(12)5-3-4-8(19-11(15)16)6-17-10(13)14/h7-8,13-16H,3-6H2,1-2H3/t8-/m1/s1. The Bertz CT molecular complexity index is 248. The fourth-order valence-corrected chi connectivity index (χ4v) is 1.25. The zero-order valence-corrected chi connectivity index (χ0v) is 10.8. The van der Waals surface area contributed by atoms with Crippen LogP contribution in [-0.4, -0.2) is 56.4 Å². The third-order valence-corrected chi connectivity index (χ3v) is 1.89. The highest BCUT2D eigenvalue weighted by Gasteiger charge is 2.16. The van der Waals surface area contributed by atoms with Crippen LogP contribution in [0.15, 0.2) is 0 Å². The molecule has 0 aliphatic carbocycles. The Kier molecular flexibility index (Phi) is 9.55. The summed E-state index contributed by atoms with van der Waals surface area (Å²) in [7, 11) is 0. The van der Waals surface area contributed by atoms with Gasteiger partial charge >= 0.3 is 5.97 Å². The van der Waals surface area contributed by atoms with Gasteiger partial charge in [-0.3, -0.25) is 25.6 Å². The Morgan fingerprint density at radius 3 is 2.26 bits per heavy atom. The van der Waals surface area contributed by atoms with Crippen LogP contribution in [0.5, 0.6) is 0 Å². The number of esters is 1. The van der Waals surface area contributed by atoms with E-state index in [4.69, 9.17) is 25.6 Å². The van der Waals surface area contributed by atoms with Crippen molar-refractivity contribution in [3.63, 3.8) is 0 Å². The summed E-state index contributed by atoms with van der Waals surface area (Å²) in [6.45, 7) is 3.10. The average molecular weight is 284 g/mol. The van der Waals surface area contributed by atoms with E-state index in [9.17, 15) is 4.79 Å². The van der Waals surface area contributed by atoms with E-state index in [1.165, 1.54) is 0 Å². The van der Waals surface area contributed by atoms with Gasteiger partial charge in [0.15, 0.2) is 0 Å². The smallest absolute Gasteiger partial charge is 0.306 e. The molecule has 0 radical (unpaired) electrons. The predicted octanol–water partition coefficient (Wildman–Crippen LogP) is 0.501. The molecule has 0 bridgehead atoms. The predicted molar refractivity (Wildman–Crippen MR) is 56.7 cm³/mol. The molecule has 10 heteroatoms. The first kappa shape index (κ1) is 18.1. The minimum Gasteiger partial charge on any atom is -0.463 e. The maximum absolute atomic E-state index is 11.2. The summed E-state index contributed by atoms with van der Waals surface area (Å²) in [6, 6.07) is 0. The van der Waals surface area contributed by atoms with Gasteiger partial charge in [0.25, 0.3) is 0 Å². The van der Waals surface area contributed by atoms with Gasteiger partial charge in [-0.2, -0.15) is 0 Å². The second-order valence-corrected chi connectivity index (χ2v) is 3.96. The number of carbonyl (C=O) groups is 1. The van der Waals surface area contributed by atoms with Crippen LogP contribution < -0.4 is 0 Å². The van der Waals surface area contributed by atoms with E-state index in [2.05, 4.69) is 9.68 Å². The molecule has 0 unspecified atom stereocenters. The Morgan fingerprint density at radius 2 is 1.79 bits per heavy atom. The van der Waals surface area contributed by atoms with E-state index >= 15 is 0 Å². The average Bonchev–Trinajstić information content (AvgIpc) is 2.23. The van der Waals surface area contributed by atoms with Crippen molar-refractivity contribution in [2.45, 2.75) is 45.3 Å². The summed E-state index contributed by atoms with van der Waals surface area (Å²) in [5.41, 5.74) is 0. The fraction of sp³-hybridized carbons (Fsp3) is 0.889. The van der Waals surface area contributed by atoms with Crippen LogP contribution in [0, 0.1) is 0 Å². The van der Waals surface area contributed by atoms with Crippen molar-refractivity contribution in [3.8, 4) is 0 Å². The molecule has 0 saturated heterocycles. The van der Waals surface area contributed by atoms with Gasteiger partial charge in [-0.1, -0.05) is 0 Å². The molecule has 0 amide bonds. The highest BCUT2D eigenvalue weighted by atomic mass is 17.1. The molecule has 0 aromatic rings. The van der Waals surface area contributed by atoms with E-state index in [1.807, 2.05) is 0 Å². The molecule has 0 saturated carbocycles. The Morgan fingerprint density at radius 1 is 1.16 bits per heavy atom. The summed E-state index contributed by atoms with van der Waals surface area (Å²) in [6.07, 6.45) is -0.422. The molecule has 10 nitrogen and oxygen atoms in total. The van der Waals surface area contributed by atoms with E-state index in [-0.39, 0.29) is 31.5 Å². The first-order valence-electron chi connectivity index (χ1n) is 5.66. The molecular formula is C9H20N2O8. The van der Waals surface area contributed by atoms with Gasteiger partial charge in [0.05, 0.1) is 16.9 Å². The van der Waals surface area contributed by atoms with Crippen molar-refractivity contribution in [3.05, 3.63) is 0 Å². The normalized spacial score (nSPS) is 13.3. The fourth-order valence-electron chi connectivity index (χ4n) is 1.25. The summed E-state index contributed by atoms with van der Waals surface area (Å²) in [5, 5.41) is 32.6. The molecule has 4 N–H and O–H groups in total. The molecule has 0 heterocycles. The number of nitrogens with zero attached hydrogens (tertiary/aromatic N) is 2. The highest BCUT2D eigenvalue weighted by Crippen LogP contribution is 2.08. The second kappa shape index (κ2) is 10.00. The molecule has 0 aliphatic heterocycles. The number of hydrogen-bond donors (Lipinski definition) is 4. The van der Waals surface area contributed by atoms with Crippen molar-refractivity contribution < 1.29 is 40.0 Å². The number of ether oxygens (including phenoxy) is 1. The minimum atomic E-state index is -0.886. The molecule has 19 heavy (non-hydrogen) atoms. The monoisotopic (exact) mass is 284 g/mol. The van der Waals surface area contributed by atoms with Crippen molar-refractivity contribution in [1.82, 2.24) is 10.8 Å². The maximum Gasteiger partial charge on any atom is 0.306 e. The van der Waals surface area contributed by atoms with Crippen molar-refractivity contribution in [2.24, 2.45) is 0 Å². The molecule has 0 spiro atoms. The van der Waals surface area contributed by atoms with E-state index in [0.29, 0.717) is 6.42 Å². The lowest BCUT2D eigenvalue weighted by Gasteiger charge is -2.18. The zero-order valence-electron chi connectivity index (χ0n) is 10.8. The first-order valence-corrected chi connectivity index (χ1v) is 5.66. The molecule has 0 aliphatic rings. The zero-order chi connectivity index (χ0) is 14.8. The number of hydrogen-bond acceptors (Lipinski definition) is 10. The first-order chi connectivity index (χ1) is 8.81. The van der Waals surface area contributed by atoms with Gasteiger partial charge in [-0.15, -0.1) is 0 Å². The van der Waals surface area contributed by atoms with Crippen LogP contribution in [0.1, 0.15) is 33.1 Å². The molecule has 0 aromatic carbocycles. The third kappa shape index (κ3) is 11.9. The van der Waals surface area contributed by atoms with Crippen LogP contribution in [-0.2, 0) is 19.2 Å². The van der Waals surface area contributed by atoms with Gasteiger partial charge in [-0.05, 0) is 26.7 Å². The van der Waals surface area contributed by atoms with Gasteiger partial charge < -0.3 is 4.74 Å². The number of carbonyl (C=O) groups excluding carboxylic acids is 1. The van der Waals surface area contributed by atoms with Crippen LogP contribution in [0.3, 0.4) is 0 Å². The van der Waals surface area contributed by atoms with E-state index in [0.717, 1.165) is 0 Å². The van der Waals surface area contributed by atoms with Crippen LogP contribution in [0.4, 0.5) is 0 Å². The molecular weight excluding hydrogens is 264 g/mol. The van der Waals surface area contributed by atoms with Gasteiger partial charge in [0.2, 0.25) is 0 Å². The lowest BCUT2D eigenvalue weighted by atomic mass is 10.1. The lowest BCUT2D eigenvalue weighted by Crippen LogP contribution is -2.31. The van der Waals surface area contributed by atoms with Gasteiger partial charge in [-0.25, -0.2) is 9.68 Å². The quantitative estimate of drug-likeness (QED) is 0.332. The highest BCUT2D eigenvalue weighted by molar-refractivity contribution is 5.69. The summed E-state index contributed by atoms with van der Waals surface area (Å²) in [5.74, 6) is -0.384. The molecule has 0 aromatic heterocycles. The summed E-state index contributed by atoms with van der Waals surface area (Å²) < 4.78 is 4.90. The number of rotatable bonds is 10. The molecule has 1 atom stereocenters. The molecule has 0 fully saturated rings. The van der Waals surface area contributed by atoms with E-state index in [1.54, 1.807) is 13.8 Å². The minimum absolute atomic E-state index is 0.122. The van der Waals surface area contributed by atoms with Crippen LogP contribution in [0.25, 0.3) is 0 Å². The topological polar surface area (TPSA) is 132 Å². The lowest BCUT2D eigenvalue weighted by molar-refractivity contribution is -0.527. The van der Waals surface area contributed by atoms with Crippen molar-refractivity contribution in [1.29, 1.82) is 0 Å². The summed E-state index contributed by atoms with van der Waals surface area (Å²) >= 11 is 0. The van der Waals surface area contributed by atoms with Crippen molar-refractivity contribution >= 4 is 5.97 Å². The van der Waals surface area contributed by atoms with Crippen LogP contribution in [0.2, 0.25) is 0 Å².